The topological polar surface area (TPSA) is 47.0 Å². The first-order chi connectivity index (χ1) is 13.5. The molecule has 140 valence electrons. The van der Waals surface area contributed by atoms with E-state index < -0.39 is 11.7 Å². The fourth-order valence-electron chi connectivity index (χ4n) is 2.73. The van der Waals surface area contributed by atoms with Gasteiger partial charge in [0.1, 0.15) is 17.9 Å². The van der Waals surface area contributed by atoms with E-state index in [-0.39, 0.29) is 0 Å². The first kappa shape index (κ1) is 17.8. The molecule has 0 spiro atoms. The molecule has 0 aliphatic rings. The molecule has 0 radical (unpaired) electrons. The van der Waals surface area contributed by atoms with Crippen molar-refractivity contribution in [2.75, 3.05) is 5.32 Å². The quantitative estimate of drug-likeness (QED) is 0.458. The Morgan fingerprint density at radius 2 is 1.50 bits per heavy atom. The number of nitrogens with zero attached hydrogens (tertiary/aromatic N) is 2. The Kier molecular flexibility index (Phi) is 4.57. The molecule has 0 aliphatic carbocycles. The zero-order chi connectivity index (χ0) is 19.6. The highest BCUT2D eigenvalue weighted by Gasteiger charge is 2.30. The van der Waals surface area contributed by atoms with Crippen LogP contribution in [0.3, 0.4) is 0 Å². The number of para-hydroxylation sites is 3. The SMILES string of the molecule is FC(F)(F)c1ccc(Oc2ccccc2Nc2ncnc3ccccc23)cc1. The van der Waals surface area contributed by atoms with Crippen molar-refractivity contribution in [3.8, 4) is 11.5 Å². The van der Waals surface area contributed by atoms with Crippen LogP contribution in [0.1, 0.15) is 5.56 Å². The summed E-state index contributed by atoms with van der Waals surface area (Å²) >= 11 is 0. The van der Waals surface area contributed by atoms with Crippen molar-refractivity contribution in [2.24, 2.45) is 0 Å². The maximum atomic E-state index is 12.7. The van der Waals surface area contributed by atoms with E-state index in [1.54, 1.807) is 18.2 Å². The van der Waals surface area contributed by atoms with Crippen LogP contribution in [0.2, 0.25) is 0 Å². The average molecular weight is 381 g/mol. The van der Waals surface area contributed by atoms with Gasteiger partial charge in [-0.05, 0) is 48.5 Å². The number of fused-ring (bicyclic) bond motifs is 1. The van der Waals surface area contributed by atoms with E-state index in [9.17, 15) is 13.2 Å². The lowest BCUT2D eigenvalue weighted by atomic mass is 10.2. The third kappa shape index (κ3) is 3.73. The Hall–Kier alpha value is -3.61. The van der Waals surface area contributed by atoms with Gasteiger partial charge in [-0.25, -0.2) is 9.97 Å². The van der Waals surface area contributed by atoms with Gasteiger partial charge >= 0.3 is 6.18 Å². The molecule has 1 N–H and O–H groups in total. The van der Waals surface area contributed by atoms with E-state index in [1.165, 1.54) is 18.5 Å². The molecule has 1 heterocycles. The van der Waals surface area contributed by atoms with Gasteiger partial charge in [-0.2, -0.15) is 13.2 Å². The van der Waals surface area contributed by atoms with Crippen molar-refractivity contribution >= 4 is 22.4 Å². The zero-order valence-electron chi connectivity index (χ0n) is 14.4. The Bertz CT molecular complexity index is 1110. The third-order valence-corrected chi connectivity index (χ3v) is 4.09. The van der Waals surface area contributed by atoms with E-state index in [0.29, 0.717) is 23.0 Å². The van der Waals surface area contributed by atoms with Crippen LogP contribution in [-0.2, 0) is 6.18 Å². The molecular formula is C21H14F3N3O. The Labute approximate surface area is 158 Å². The number of benzene rings is 3. The summed E-state index contributed by atoms with van der Waals surface area (Å²) in [6, 6.07) is 19.3. The monoisotopic (exact) mass is 381 g/mol. The molecular weight excluding hydrogens is 367 g/mol. The van der Waals surface area contributed by atoms with Crippen LogP contribution in [0.25, 0.3) is 10.9 Å². The lowest BCUT2D eigenvalue weighted by Crippen LogP contribution is -2.04. The maximum absolute atomic E-state index is 12.7. The number of alkyl halides is 3. The van der Waals surface area contributed by atoms with Gasteiger partial charge in [0.2, 0.25) is 0 Å². The average Bonchev–Trinajstić information content (AvgIpc) is 2.69. The normalized spacial score (nSPS) is 11.4. The molecule has 7 heteroatoms. The summed E-state index contributed by atoms with van der Waals surface area (Å²) in [6.07, 6.45) is -2.92. The molecule has 0 bridgehead atoms. The fourth-order valence-corrected chi connectivity index (χ4v) is 2.73. The molecule has 0 unspecified atom stereocenters. The molecule has 0 saturated carbocycles. The lowest BCUT2D eigenvalue weighted by Gasteiger charge is -2.14. The Morgan fingerprint density at radius 1 is 0.786 bits per heavy atom. The number of aromatic nitrogens is 2. The molecule has 3 aromatic carbocycles. The predicted octanol–water partition coefficient (Wildman–Crippen LogP) is 6.18. The fraction of sp³-hybridized carbons (Fsp3) is 0.0476. The Morgan fingerprint density at radius 3 is 2.29 bits per heavy atom. The second kappa shape index (κ2) is 7.19. The molecule has 0 fully saturated rings. The van der Waals surface area contributed by atoms with Gasteiger partial charge in [0.25, 0.3) is 0 Å². The standard InChI is InChI=1S/C21H14F3N3O/c22-21(23,24)14-9-11-15(12-10-14)28-19-8-4-3-7-18(19)27-20-16-5-1-2-6-17(16)25-13-26-20/h1-13H,(H,25,26,27). The van der Waals surface area contributed by atoms with Crippen LogP contribution in [0.5, 0.6) is 11.5 Å². The number of nitrogens with one attached hydrogen (secondary N) is 1. The zero-order valence-corrected chi connectivity index (χ0v) is 14.4. The van der Waals surface area contributed by atoms with Crippen LogP contribution in [0.4, 0.5) is 24.7 Å². The van der Waals surface area contributed by atoms with Crippen molar-refractivity contribution in [1.82, 2.24) is 9.97 Å². The minimum absolute atomic E-state index is 0.301. The number of hydrogen-bond donors (Lipinski definition) is 1. The molecule has 4 aromatic rings. The summed E-state index contributed by atoms with van der Waals surface area (Å²) in [5.74, 6) is 1.37. The highest BCUT2D eigenvalue weighted by Crippen LogP contribution is 2.34. The maximum Gasteiger partial charge on any atom is 0.416 e. The van der Waals surface area contributed by atoms with Gasteiger partial charge in [-0.15, -0.1) is 0 Å². The van der Waals surface area contributed by atoms with Crippen LogP contribution in [0, 0.1) is 0 Å². The highest BCUT2D eigenvalue weighted by molar-refractivity contribution is 5.90. The highest BCUT2D eigenvalue weighted by atomic mass is 19.4. The molecule has 28 heavy (non-hydrogen) atoms. The second-order valence-corrected chi connectivity index (χ2v) is 5.98. The molecule has 0 amide bonds. The number of halogens is 3. The van der Waals surface area contributed by atoms with Crippen molar-refractivity contribution in [2.45, 2.75) is 6.18 Å². The summed E-state index contributed by atoms with van der Waals surface area (Å²) in [4.78, 5) is 8.51. The molecule has 4 nitrogen and oxygen atoms in total. The van der Waals surface area contributed by atoms with Crippen molar-refractivity contribution in [3.63, 3.8) is 0 Å². The van der Waals surface area contributed by atoms with Crippen molar-refractivity contribution in [3.05, 3.63) is 84.7 Å². The summed E-state index contributed by atoms with van der Waals surface area (Å²) in [7, 11) is 0. The summed E-state index contributed by atoms with van der Waals surface area (Å²) in [5.41, 5.74) is 0.700. The first-order valence-electron chi connectivity index (χ1n) is 8.41. The summed E-state index contributed by atoms with van der Waals surface area (Å²) < 4.78 is 43.9. The Balaban J connectivity index is 1.62. The summed E-state index contributed by atoms with van der Waals surface area (Å²) in [5, 5.41) is 4.06. The van der Waals surface area contributed by atoms with E-state index >= 15 is 0 Å². The van der Waals surface area contributed by atoms with Gasteiger partial charge in [-0.3, -0.25) is 0 Å². The van der Waals surface area contributed by atoms with Gasteiger partial charge in [0.05, 0.1) is 16.8 Å². The third-order valence-electron chi connectivity index (χ3n) is 4.09. The number of hydrogen-bond acceptors (Lipinski definition) is 4. The van der Waals surface area contributed by atoms with Crippen molar-refractivity contribution < 1.29 is 17.9 Å². The van der Waals surface area contributed by atoms with Gasteiger partial charge < -0.3 is 10.1 Å². The van der Waals surface area contributed by atoms with E-state index in [0.717, 1.165) is 23.0 Å². The number of ether oxygens (including phenoxy) is 1. The van der Waals surface area contributed by atoms with E-state index in [1.807, 2.05) is 30.3 Å². The van der Waals surface area contributed by atoms with Crippen molar-refractivity contribution in [1.29, 1.82) is 0 Å². The number of rotatable bonds is 4. The minimum atomic E-state index is -4.38. The van der Waals surface area contributed by atoms with Crippen LogP contribution >= 0.6 is 0 Å². The first-order valence-corrected chi connectivity index (χ1v) is 8.41. The second-order valence-electron chi connectivity index (χ2n) is 5.98. The molecule has 0 aliphatic heterocycles. The summed E-state index contributed by atoms with van der Waals surface area (Å²) in [6.45, 7) is 0. The molecule has 1 aromatic heterocycles. The lowest BCUT2D eigenvalue weighted by molar-refractivity contribution is -0.137. The largest absolute Gasteiger partial charge is 0.455 e. The van der Waals surface area contributed by atoms with E-state index in [4.69, 9.17) is 4.74 Å². The van der Waals surface area contributed by atoms with Gasteiger partial charge in [-0.1, -0.05) is 24.3 Å². The van der Waals surface area contributed by atoms with Gasteiger partial charge in [0.15, 0.2) is 5.75 Å². The number of anilines is 2. The molecule has 4 rings (SSSR count). The predicted molar refractivity (Wildman–Crippen MR) is 101 cm³/mol. The van der Waals surface area contributed by atoms with Crippen LogP contribution in [-0.4, -0.2) is 9.97 Å². The smallest absolute Gasteiger partial charge is 0.416 e. The van der Waals surface area contributed by atoms with Crippen LogP contribution < -0.4 is 10.1 Å². The molecule has 0 atom stereocenters. The van der Waals surface area contributed by atoms with E-state index in [2.05, 4.69) is 15.3 Å². The van der Waals surface area contributed by atoms with Gasteiger partial charge in [0, 0.05) is 5.39 Å². The minimum Gasteiger partial charge on any atom is -0.455 e. The molecule has 0 saturated heterocycles. The van der Waals surface area contributed by atoms with Crippen LogP contribution in [0.15, 0.2) is 79.1 Å².